The number of rotatable bonds is 1. The van der Waals surface area contributed by atoms with Gasteiger partial charge in [0.2, 0.25) is 0 Å². The van der Waals surface area contributed by atoms with E-state index >= 15 is 0 Å². The van der Waals surface area contributed by atoms with Gasteiger partial charge in [0.15, 0.2) is 12.0 Å². The van der Waals surface area contributed by atoms with Crippen LogP contribution < -0.4 is 5.32 Å². The van der Waals surface area contributed by atoms with Gasteiger partial charge in [-0.15, -0.1) is 0 Å². The number of aliphatic hydroxyl groups is 1. The van der Waals surface area contributed by atoms with E-state index < -0.39 is 6.23 Å². The Bertz CT molecular complexity index is 380. The van der Waals surface area contributed by atoms with Crippen LogP contribution in [0.5, 0.6) is 0 Å². The molecule has 1 unspecified atom stereocenters. The average molecular weight is 194 g/mol. The summed E-state index contributed by atoms with van der Waals surface area (Å²) in [6, 6.07) is 0.299. The van der Waals surface area contributed by atoms with E-state index in [9.17, 15) is 5.11 Å². The smallest absolute Gasteiger partial charge is 0.172 e. The summed E-state index contributed by atoms with van der Waals surface area (Å²) in [6.45, 7) is 5.94. The topological polar surface area (TPSA) is 62.4 Å². The monoisotopic (exact) mass is 194 g/mol. The SMILES string of the molecule is CC1=Nc2c(ncn2C(C)C)C(O)N1. The van der Waals surface area contributed by atoms with Crippen molar-refractivity contribution in [1.29, 1.82) is 0 Å². The fraction of sp³-hybridized carbons (Fsp3) is 0.556. The van der Waals surface area contributed by atoms with Gasteiger partial charge in [0.05, 0.1) is 6.33 Å². The van der Waals surface area contributed by atoms with Gasteiger partial charge in [-0.05, 0) is 20.8 Å². The van der Waals surface area contributed by atoms with Gasteiger partial charge in [-0.25, -0.2) is 9.98 Å². The highest BCUT2D eigenvalue weighted by atomic mass is 16.3. The molecule has 1 aliphatic rings. The van der Waals surface area contributed by atoms with E-state index in [2.05, 4.69) is 29.1 Å². The number of aliphatic hydroxyl groups excluding tert-OH is 1. The van der Waals surface area contributed by atoms with Crippen molar-refractivity contribution in [3.05, 3.63) is 12.0 Å². The number of amidine groups is 1. The molecule has 0 bridgehead atoms. The lowest BCUT2D eigenvalue weighted by Gasteiger charge is -2.19. The van der Waals surface area contributed by atoms with Gasteiger partial charge in [-0.3, -0.25) is 0 Å². The molecule has 76 valence electrons. The quantitative estimate of drug-likeness (QED) is 0.704. The molecule has 1 atom stereocenters. The van der Waals surface area contributed by atoms with Crippen LogP contribution in [0.15, 0.2) is 11.3 Å². The van der Waals surface area contributed by atoms with Crippen LogP contribution in [-0.2, 0) is 0 Å². The molecule has 2 N–H and O–H groups in total. The highest BCUT2D eigenvalue weighted by Gasteiger charge is 2.23. The molecule has 1 aromatic rings. The predicted octanol–water partition coefficient (Wildman–Crippen LogP) is 1.11. The maximum Gasteiger partial charge on any atom is 0.172 e. The van der Waals surface area contributed by atoms with Crippen LogP contribution in [0.2, 0.25) is 0 Å². The zero-order chi connectivity index (χ0) is 10.3. The minimum atomic E-state index is -0.734. The molecule has 0 fully saturated rings. The summed E-state index contributed by atoms with van der Waals surface area (Å²) in [7, 11) is 0. The first-order valence-electron chi connectivity index (χ1n) is 4.66. The Hall–Kier alpha value is -1.36. The van der Waals surface area contributed by atoms with Crippen molar-refractivity contribution >= 4 is 11.7 Å². The third kappa shape index (κ3) is 1.29. The van der Waals surface area contributed by atoms with E-state index in [0.717, 1.165) is 5.82 Å². The molecule has 5 heteroatoms. The molecule has 0 radical (unpaired) electrons. The van der Waals surface area contributed by atoms with E-state index in [1.54, 1.807) is 6.33 Å². The van der Waals surface area contributed by atoms with Crippen LogP contribution in [-0.4, -0.2) is 20.5 Å². The Morgan fingerprint density at radius 2 is 2.29 bits per heavy atom. The molecule has 0 saturated carbocycles. The van der Waals surface area contributed by atoms with Crippen molar-refractivity contribution in [2.24, 2.45) is 4.99 Å². The van der Waals surface area contributed by atoms with E-state index in [-0.39, 0.29) is 0 Å². The molecule has 0 spiro atoms. The first-order valence-corrected chi connectivity index (χ1v) is 4.66. The van der Waals surface area contributed by atoms with E-state index in [4.69, 9.17) is 0 Å². The van der Waals surface area contributed by atoms with Gasteiger partial charge >= 0.3 is 0 Å². The van der Waals surface area contributed by atoms with Crippen LogP contribution in [0.25, 0.3) is 0 Å². The van der Waals surface area contributed by atoms with Crippen molar-refractivity contribution in [2.75, 3.05) is 0 Å². The fourth-order valence-corrected chi connectivity index (χ4v) is 1.51. The van der Waals surface area contributed by atoms with Gasteiger partial charge in [0.25, 0.3) is 0 Å². The first kappa shape index (κ1) is 9.21. The average Bonchev–Trinajstić information content (AvgIpc) is 2.47. The number of nitrogens with zero attached hydrogens (tertiary/aromatic N) is 3. The van der Waals surface area contributed by atoms with Crippen LogP contribution in [0.3, 0.4) is 0 Å². The lowest BCUT2D eigenvalue weighted by molar-refractivity contribution is 0.157. The van der Waals surface area contributed by atoms with Crippen LogP contribution in [0, 0.1) is 0 Å². The molecular formula is C9H14N4O. The number of hydrogen-bond acceptors (Lipinski definition) is 4. The third-order valence-corrected chi connectivity index (χ3v) is 2.23. The predicted molar refractivity (Wildman–Crippen MR) is 53.5 cm³/mol. The van der Waals surface area contributed by atoms with Crippen molar-refractivity contribution in [1.82, 2.24) is 14.9 Å². The third-order valence-electron chi connectivity index (χ3n) is 2.23. The summed E-state index contributed by atoms with van der Waals surface area (Å²) in [5, 5.41) is 12.5. The largest absolute Gasteiger partial charge is 0.368 e. The van der Waals surface area contributed by atoms with Crippen molar-refractivity contribution in [3.8, 4) is 0 Å². The van der Waals surface area contributed by atoms with Gasteiger partial charge in [0.1, 0.15) is 11.5 Å². The maximum atomic E-state index is 9.66. The van der Waals surface area contributed by atoms with Gasteiger partial charge < -0.3 is 15.0 Å². The zero-order valence-electron chi connectivity index (χ0n) is 8.52. The summed E-state index contributed by atoms with van der Waals surface area (Å²) in [5.41, 5.74) is 0.601. The summed E-state index contributed by atoms with van der Waals surface area (Å²) in [4.78, 5) is 8.46. The normalized spacial score (nSPS) is 20.4. The number of aliphatic imine (C=N–C) groups is 1. The van der Waals surface area contributed by atoms with Crippen LogP contribution in [0.4, 0.5) is 5.82 Å². The van der Waals surface area contributed by atoms with Crippen molar-refractivity contribution in [2.45, 2.75) is 33.0 Å². The number of imidazole rings is 1. The molecule has 0 amide bonds. The second-order valence-corrected chi connectivity index (χ2v) is 3.70. The standard InChI is InChI=1S/C9H14N4O/c1-5(2)13-4-10-7-8(13)11-6(3)12-9(7)14/h4-5,9,14H,1-3H3,(H,11,12). The summed E-state index contributed by atoms with van der Waals surface area (Å²) >= 11 is 0. The number of nitrogens with one attached hydrogen (secondary N) is 1. The second-order valence-electron chi connectivity index (χ2n) is 3.70. The molecule has 5 nitrogen and oxygen atoms in total. The van der Waals surface area contributed by atoms with E-state index in [1.807, 2.05) is 11.5 Å². The van der Waals surface area contributed by atoms with Gasteiger partial charge in [-0.1, -0.05) is 0 Å². The lowest BCUT2D eigenvalue weighted by atomic mass is 10.3. The van der Waals surface area contributed by atoms with Crippen LogP contribution in [0.1, 0.15) is 38.7 Å². The Morgan fingerprint density at radius 1 is 1.57 bits per heavy atom. The first-order chi connectivity index (χ1) is 6.59. The Labute approximate surface area is 82.5 Å². The molecule has 0 saturated heterocycles. The van der Waals surface area contributed by atoms with Crippen LogP contribution >= 0.6 is 0 Å². The Kier molecular flexibility index (Phi) is 2.03. The number of fused-ring (bicyclic) bond motifs is 1. The minimum absolute atomic E-state index is 0.299. The molecule has 1 aliphatic heterocycles. The zero-order valence-corrected chi connectivity index (χ0v) is 8.52. The van der Waals surface area contributed by atoms with Crippen molar-refractivity contribution in [3.63, 3.8) is 0 Å². The van der Waals surface area contributed by atoms with Crippen molar-refractivity contribution < 1.29 is 5.11 Å². The molecule has 2 rings (SSSR count). The summed E-state index contributed by atoms with van der Waals surface area (Å²) < 4.78 is 1.95. The lowest BCUT2D eigenvalue weighted by Crippen LogP contribution is -2.29. The van der Waals surface area contributed by atoms with Gasteiger partial charge in [-0.2, -0.15) is 0 Å². The molecular weight excluding hydrogens is 180 g/mol. The highest BCUT2D eigenvalue weighted by Crippen LogP contribution is 2.29. The van der Waals surface area contributed by atoms with E-state index in [0.29, 0.717) is 17.6 Å². The minimum Gasteiger partial charge on any atom is -0.368 e. The molecule has 1 aromatic heterocycles. The maximum absolute atomic E-state index is 9.66. The highest BCUT2D eigenvalue weighted by molar-refractivity contribution is 5.84. The molecule has 0 aliphatic carbocycles. The summed E-state index contributed by atoms with van der Waals surface area (Å²) in [5.74, 6) is 1.47. The molecule has 0 aromatic carbocycles. The fourth-order valence-electron chi connectivity index (χ4n) is 1.51. The van der Waals surface area contributed by atoms with Gasteiger partial charge in [0, 0.05) is 6.04 Å². The number of aromatic nitrogens is 2. The Balaban J connectivity index is 2.53. The Morgan fingerprint density at radius 3 is 2.93 bits per heavy atom. The molecule has 14 heavy (non-hydrogen) atoms. The molecule has 2 heterocycles. The number of hydrogen-bond donors (Lipinski definition) is 2. The second kappa shape index (κ2) is 3.09. The van der Waals surface area contributed by atoms with E-state index in [1.165, 1.54) is 0 Å². The summed E-state index contributed by atoms with van der Waals surface area (Å²) in [6.07, 6.45) is 0.977.